The fraction of sp³-hybridized carbons (Fsp3) is 0.400. The molecular formula is C15H15N3O3. The number of nitrogens with zero attached hydrogens (tertiary/aromatic N) is 3. The Labute approximate surface area is 123 Å². The minimum atomic E-state index is 0.0488. The van der Waals surface area contributed by atoms with E-state index >= 15 is 0 Å². The monoisotopic (exact) mass is 285 g/mol. The Balaban J connectivity index is 3.83. The Morgan fingerprint density at radius 1 is 0.619 bits per heavy atom. The van der Waals surface area contributed by atoms with Crippen LogP contribution in [0.4, 0.5) is 0 Å². The van der Waals surface area contributed by atoms with E-state index in [1.54, 1.807) is 0 Å². The van der Waals surface area contributed by atoms with Gasteiger partial charge in [0, 0.05) is 0 Å². The van der Waals surface area contributed by atoms with E-state index in [-0.39, 0.29) is 19.3 Å². The summed E-state index contributed by atoms with van der Waals surface area (Å²) in [7, 11) is 4.37. The molecule has 0 aromatic heterocycles. The second kappa shape index (κ2) is 7.62. The summed E-state index contributed by atoms with van der Waals surface area (Å²) < 4.78 is 16.1. The predicted octanol–water partition coefficient (Wildman–Crippen LogP) is 1.91. The SMILES string of the molecule is COc1c(CC#N)c(OC)c(CC#N)c(OC)c1CC#N. The Kier molecular flexibility index (Phi) is 5.86. The van der Waals surface area contributed by atoms with E-state index in [0.717, 1.165) is 0 Å². The quantitative estimate of drug-likeness (QED) is 0.791. The molecule has 21 heavy (non-hydrogen) atoms. The van der Waals surface area contributed by atoms with Crippen molar-refractivity contribution in [1.29, 1.82) is 15.8 Å². The van der Waals surface area contributed by atoms with Crippen molar-refractivity contribution in [3.05, 3.63) is 16.7 Å². The van der Waals surface area contributed by atoms with Crippen molar-refractivity contribution < 1.29 is 14.2 Å². The molecule has 0 fully saturated rings. The zero-order valence-corrected chi connectivity index (χ0v) is 12.2. The zero-order valence-electron chi connectivity index (χ0n) is 12.2. The average molecular weight is 285 g/mol. The summed E-state index contributed by atoms with van der Waals surface area (Å²) in [5, 5.41) is 27.0. The minimum Gasteiger partial charge on any atom is -0.496 e. The van der Waals surface area contributed by atoms with E-state index < -0.39 is 0 Å². The molecule has 0 saturated heterocycles. The van der Waals surface area contributed by atoms with Crippen LogP contribution in [0, 0.1) is 34.0 Å². The highest BCUT2D eigenvalue weighted by molar-refractivity contribution is 5.64. The second-order valence-electron chi connectivity index (χ2n) is 4.04. The topological polar surface area (TPSA) is 99.1 Å². The van der Waals surface area contributed by atoms with E-state index in [1.807, 2.05) is 18.2 Å². The van der Waals surface area contributed by atoms with Gasteiger partial charge in [0.25, 0.3) is 0 Å². The Morgan fingerprint density at radius 2 is 0.857 bits per heavy atom. The van der Waals surface area contributed by atoms with Crippen molar-refractivity contribution in [1.82, 2.24) is 0 Å². The molecule has 0 heterocycles. The fourth-order valence-electron chi connectivity index (χ4n) is 2.31. The summed E-state index contributed by atoms with van der Waals surface area (Å²) in [6.45, 7) is 0. The molecule has 0 spiro atoms. The molecule has 0 unspecified atom stereocenters. The lowest BCUT2D eigenvalue weighted by atomic mass is 9.95. The highest BCUT2D eigenvalue weighted by atomic mass is 16.5. The fourth-order valence-corrected chi connectivity index (χ4v) is 2.31. The van der Waals surface area contributed by atoms with Gasteiger partial charge in [-0.25, -0.2) is 0 Å². The lowest BCUT2D eigenvalue weighted by Gasteiger charge is -2.21. The van der Waals surface area contributed by atoms with Gasteiger partial charge in [0.2, 0.25) is 0 Å². The maximum atomic E-state index is 9.01. The summed E-state index contributed by atoms with van der Waals surface area (Å²) in [4.78, 5) is 0. The maximum Gasteiger partial charge on any atom is 0.134 e. The number of methoxy groups -OCH3 is 3. The molecule has 1 aromatic carbocycles. The van der Waals surface area contributed by atoms with Gasteiger partial charge in [-0.05, 0) is 0 Å². The zero-order chi connectivity index (χ0) is 15.8. The smallest absolute Gasteiger partial charge is 0.134 e. The van der Waals surface area contributed by atoms with Gasteiger partial charge in [0.05, 0.1) is 75.5 Å². The number of benzene rings is 1. The lowest BCUT2D eigenvalue weighted by molar-refractivity contribution is 0.360. The lowest BCUT2D eigenvalue weighted by Crippen LogP contribution is -2.07. The first-order valence-corrected chi connectivity index (χ1v) is 6.13. The number of hydrogen-bond donors (Lipinski definition) is 0. The first-order valence-electron chi connectivity index (χ1n) is 6.13. The molecule has 0 radical (unpaired) electrons. The van der Waals surface area contributed by atoms with Crippen molar-refractivity contribution in [3.8, 4) is 35.5 Å². The van der Waals surface area contributed by atoms with Gasteiger partial charge >= 0.3 is 0 Å². The molecule has 0 aliphatic carbocycles. The van der Waals surface area contributed by atoms with Crippen LogP contribution < -0.4 is 14.2 Å². The summed E-state index contributed by atoms with van der Waals surface area (Å²) in [5.74, 6) is 1.19. The normalized spacial score (nSPS) is 9.14. The third-order valence-corrected chi connectivity index (χ3v) is 3.02. The van der Waals surface area contributed by atoms with Crippen LogP contribution in [0.1, 0.15) is 16.7 Å². The largest absolute Gasteiger partial charge is 0.496 e. The van der Waals surface area contributed by atoms with E-state index in [4.69, 9.17) is 30.0 Å². The van der Waals surface area contributed by atoms with Crippen LogP contribution in [0.25, 0.3) is 0 Å². The van der Waals surface area contributed by atoms with Crippen LogP contribution in [0.3, 0.4) is 0 Å². The molecule has 0 amide bonds. The summed E-state index contributed by atoms with van der Waals surface area (Å²) in [6, 6.07) is 6.13. The van der Waals surface area contributed by atoms with Gasteiger partial charge in [-0.1, -0.05) is 0 Å². The second-order valence-corrected chi connectivity index (χ2v) is 4.04. The van der Waals surface area contributed by atoms with Crippen molar-refractivity contribution in [3.63, 3.8) is 0 Å². The van der Waals surface area contributed by atoms with E-state index in [0.29, 0.717) is 33.9 Å². The molecule has 108 valence electrons. The Bertz CT molecular complexity index is 537. The van der Waals surface area contributed by atoms with Crippen LogP contribution in [0.2, 0.25) is 0 Å². The molecule has 0 aliphatic heterocycles. The van der Waals surface area contributed by atoms with Crippen LogP contribution >= 0.6 is 0 Å². The van der Waals surface area contributed by atoms with Crippen molar-refractivity contribution in [2.45, 2.75) is 19.3 Å². The molecule has 0 atom stereocenters. The van der Waals surface area contributed by atoms with Crippen LogP contribution in [0.15, 0.2) is 0 Å². The van der Waals surface area contributed by atoms with Gasteiger partial charge in [0.1, 0.15) is 17.2 Å². The standard InChI is InChI=1S/C15H15N3O3/c1-19-13-10(4-7-16)14(20-2)12(6-9-18)15(21-3)11(13)5-8-17/h4-6H2,1-3H3. The highest BCUT2D eigenvalue weighted by Gasteiger charge is 2.25. The van der Waals surface area contributed by atoms with Gasteiger partial charge in [-0.15, -0.1) is 0 Å². The third-order valence-electron chi connectivity index (χ3n) is 3.02. The number of nitriles is 3. The number of rotatable bonds is 6. The van der Waals surface area contributed by atoms with E-state index in [1.165, 1.54) is 21.3 Å². The van der Waals surface area contributed by atoms with Crippen LogP contribution in [-0.4, -0.2) is 21.3 Å². The molecule has 0 saturated carbocycles. The molecule has 1 rings (SSSR count). The van der Waals surface area contributed by atoms with E-state index in [2.05, 4.69) is 0 Å². The van der Waals surface area contributed by atoms with Crippen LogP contribution in [0.5, 0.6) is 17.2 Å². The molecule has 6 heteroatoms. The molecule has 0 bridgehead atoms. The van der Waals surface area contributed by atoms with Gasteiger partial charge in [0.15, 0.2) is 0 Å². The summed E-state index contributed by atoms with van der Waals surface area (Å²) >= 11 is 0. The summed E-state index contributed by atoms with van der Waals surface area (Å²) in [6.07, 6.45) is 0.146. The first kappa shape index (κ1) is 16.1. The molecular weight excluding hydrogens is 270 g/mol. The molecule has 0 aliphatic rings. The maximum absolute atomic E-state index is 9.01. The average Bonchev–Trinajstić information content (AvgIpc) is 2.49. The van der Waals surface area contributed by atoms with Crippen molar-refractivity contribution in [2.24, 2.45) is 0 Å². The van der Waals surface area contributed by atoms with Crippen LogP contribution in [-0.2, 0) is 19.3 Å². The molecule has 0 N–H and O–H groups in total. The van der Waals surface area contributed by atoms with E-state index in [9.17, 15) is 0 Å². The van der Waals surface area contributed by atoms with Gasteiger partial charge < -0.3 is 14.2 Å². The van der Waals surface area contributed by atoms with Crippen molar-refractivity contribution in [2.75, 3.05) is 21.3 Å². The third kappa shape index (κ3) is 2.99. The van der Waals surface area contributed by atoms with Gasteiger partial charge in [-0.3, -0.25) is 0 Å². The number of ether oxygens (including phenoxy) is 3. The minimum absolute atomic E-state index is 0.0488. The first-order chi connectivity index (χ1) is 10.2. The highest BCUT2D eigenvalue weighted by Crippen LogP contribution is 2.44. The van der Waals surface area contributed by atoms with Gasteiger partial charge in [-0.2, -0.15) is 15.8 Å². The summed E-state index contributed by atoms with van der Waals surface area (Å²) in [5.41, 5.74) is 1.58. The Morgan fingerprint density at radius 3 is 1.00 bits per heavy atom. The molecule has 6 nitrogen and oxygen atoms in total. The molecule has 1 aromatic rings. The predicted molar refractivity (Wildman–Crippen MR) is 74.0 cm³/mol. The number of hydrogen-bond acceptors (Lipinski definition) is 6. The Hall–Kier alpha value is -2.91. The van der Waals surface area contributed by atoms with Crippen molar-refractivity contribution >= 4 is 0 Å².